The lowest BCUT2D eigenvalue weighted by atomic mass is 10.1. The number of aromatic amines is 1. The van der Waals surface area contributed by atoms with Gasteiger partial charge in [0.1, 0.15) is 5.56 Å². The second-order valence-corrected chi connectivity index (χ2v) is 4.29. The van der Waals surface area contributed by atoms with Crippen LogP contribution < -0.4 is 5.56 Å². The molecule has 1 aromatic heterocycles. The summed E-state index contributed by atoms with van der Waals surface area (Å²) in [5.41, 5.74) is 0.262. The number of ether oxygens (including phenoxy) is 1. The normalized spacial score (nSPS) is 10.5. The molecule has 0 aliphatic heterocycles. The van der Waals surface area contributed by atoms with E-state index in [1.54, 1.807) is 13.0 Å². The number of nitrogens with one attached hydrogen (secondary N) is 1. The number of halogens is 1. The summed E-state index contributed by atoms with van der Waals surface area (Å²) >= 11 is 3.37. The van der Waals surface area contributed by atoms with Crippen molar-refractivity contribution in [3.63, 3.8) is 0 Å². The van der Waals surface area contributed by atoms with Crippen LogP contribution in [0.25, 0.3) is 10.9 Å². The minimum absolute atomic E-state index is 0.0197. The van der Waals surface area contributed by atoms with Gasteiger partial charge in [0.05, 0.1) is 6.61 Å². The average molecular weight is 296 g/mol. The Morgan fingerprint density at radius 1 is 1.47 bits per heavy atom. The van der Waals surface area contributed by atoms with E-state index in [-0.39, 0.29) is 12.2 Å². The number of H-pyrrole nitrogens is 1. The van der Waals surface area contributed by atoms with Crippen molar-refractivity contribution in [3.8, 4) is 0 Å². The molecule has 0 saturated heterocycles. The van der Waals surface area contributed by atoms with Crippen molar-refractivity contribution in [2.45, 2.75) is 6.92 Å². The molecule has 5 heteroatoms. The topological polar surface area (TPSA) is 59.2 Å². The van der Waals surface area contributed by atoms with Crippen molar-refractivity contribution in [1.29, 1.82) is 0 Å². The van der Waals surface area contributed by atoms with E-state index >= 15 is 0 Å². The van der Waals surface area contributed by atoms with E-state index in [2.05, 4.69) is 20.9 Å². The molecule has 0 amide bonds. The van der Waals surface area contributed by atoms with Crippen LogP contribution in [0.15, 0.2) is 33.5 Å². The van der Waals surface area contributed by atoms with Crippen LogP contribution in [0, 0.1) is 0 Å². The number of rotatable bonds is 2. The Balaban J connectivity index is 2.66. The first-order valence-electron chi connectivity index (χ1n) is 5.12. The van der Waals surface area contributed by atoms with Gasteiger partial charge in [-0.15, -0.1) is 0 Å². The van der Waals surface area contributed by atoms with Gasteiger partial charge in [0.2, 0.25) is 0 Å². The molecule has 0 bridgehead atoms. The van der Waals surface area contributed by atoms with Crippen LogP contribution >= 0.6 is 15.9 Å². The Bertz CT molecular complexity index is 633. The number of fused-ring (bicyclic) bond motifs is 1. The maximum atomic E-state index is 11.7. The Labute approximate surface area is 106 Å². The fourth-order valence-electron chi connectivity index (χ4n) is 1.55. The first kappa shape index (κ1) is 11.9. The molecule has 0 radical (unpaired) electrons. The molecule has 2 rings (SSSR count). The van der Waals surface area contributed by atoms with Gasteiger partial charge < -0.3 is 9.72 Å². The minimum Gasteiger partial charge on any atom is -0.462 e. The smallest absolute Gasteiger partial charge is 0.343 e. The van der Waals surface area contributed by atoms with E-state index in [0.29, 0.717) is 5.52 Å². The molecule has 0 aliphatic carbocycles. The Hall–Kier alpha value is -1.62. The Morgan fingerprint density at radius 2 is 2.24 bits per heavy atom. The van der Waals surface area contributed by atoms with Crippen LogP contribution in [0.5, 0.6) is 0 Å². The summed E-state index contributed by atoms with van der Waals surface area (Å²) in [7, 11) is 0. The van der Waals surface area contributed by atoms with Gasteiger partial charge in [-0.05, 0) is 25.1 Å². The third-order valence-electron chi connectivity index (χ3n) is 2.33. The molecule has 1 aromatic carbocycles. The molecular weight excluding hydrogens is 286 g/mol. The molecule has 2 aromatic rings. The summed E-state index contributed by atoms with van der Waals surface area (Å²) in [4.78, 5) is 25.9. The van der Waals surface area contributed by atoms with Gasteiger partial charge in [-0.2, -0.15) is 0 Å². The SMILES string of the molecule is CCOC(=O)c1cc2c(Br)cccc2[nH]c1=O. The lowest BCUT2D eigenvalue weighted by Crippen LogP contribution is -2.19. The van der Waals surface area contributed by atoms with Crippen LogP contribution in [-0.2, 0) is 4.74 Å². The van der Waals surface area contributed by atoms with Crippen molar-refractivity contribution < 1.29 is 9.53 Å². The van der Waals surface area contributed by atoms with Gasteiger partial charge in [-0.1, -0.05) is 22.0 Å². The maximum absolute atomic E-state index is 11.7. The first-order chi connectivity index (χ1) is 8.13. The van der Waals surface area contributed by atoms with E-state index < -0.39 is 11.5 Å². The summed E-state index contributed by atoms with van der Waals surface area (Å²) in [6.07, 6.45) is 0. The van der Waals surface area contributed by atoms with E-state index in [0.717, 1.165) is 9.86 Å². The van der Waals surface area contributed by atoms with E-state index in [1.165, 1.54) is 6.07 Å². The van der Waals surface area contributed by atoms with E-state index in [9.17, 15) is 9.59 Å². The largest absolute Gasteiger partial charge is 0.462 e. The molecule has 1 N–H and O–H groups in total. The first-order valence-corrected chi connectivity index (χ1v) is 5.91. The average Bonchev–Trinajstić information content (AvgIpc) is 2.29. The summed E-state index contributed by atoms with van der Waals surface area (Å²) in [5.74, 6) is -0.605. The molecule has 0 fully saturated rings. The van der Waals surface area contributed by atoms with Gasteiger partial charge >= 0.3 is 5.97 Å². The highest BCUT2D eigenvalue weighted by molar-refractivity contribution is 9.10. The van der Waals surface area contributed by atoms with Crippen LogP contribution in [0.2, 0.25) is 0 Å². The number of hydrogen-bond donors (Lipinski definition) is 1. The molecule has 0 spiro atoms. The molecule has 0 aliphatic rings. The third-order valence-corrected chi connectivity index (χ3v) is 3.02. The molecule has 4 nitrogen and oxygen atoms in total. The highest BCUT2D eigenvalue weighted by Crippen LogP contribution is 2.21. The Kier molecular flexibility index (Phi) is 3.28. The number of hydrogen-bond acceptors (Lipinski definition) is 3. The Morgan fingerprint density at radius 3 is 2.94 bits per heavy atom. The molecule has 0 atom stereocenters. The number of esters is 1. The number of aromatic nitrogens is 1. The molecular formula is C12H10BrNO3. The standard InChI is InChI=1S/C12H10BrNO3/c1-2-17-12(16)8-6-7-9(13)4-3-5-10(7)14-11(8)15/h3-6H,2H2,1H3,(H,14,15). The fourth-order valence-corrected chi connectivity index (χ4v) is 2.03. The van der Waals surface area contributed by atoms with Crippen LogP contribution in [0.1, 0.15) is 17.3 Å². The van der Waals surface area contributed by atoms with Gasteiger partial charge in [0.15, 0.2) is 0 Å². The molecule has 1 heterocycles. The van der Waals surface area contributed by atoms with Gasteiger partial charge in [-0.25, -0.2) is 4.79 Å². The fraction of sp³-hybridized carbons (Fsp3) is 0.167. The number of pyridine rings is 1. The minimum atomic E-state index is -0.605. The highest BCUT2D eigenvalue weighted by atomic mass is 79.9. The van der Waals surface area contributed by atoms with Crippen LogP contribution in [0.4, 0.5) is 0 Å². The maximum Gasteiger partial charge on any atom is 0.343 e. The summed E-state index contributed by atoms with van der Waals surface area (Å²) < 4.78 is 5.64. The van der Waals surface area contributed by atoms with Crippen LogP contribution in [-0.4, -0.2) is 17.6 Å². The third kappa shape index (κ3) is 2.24. The second-order valence-electron chi connectivity index (χ2n) is 3.43. The zero-order valence-corrected chi connectivity index (χ0v) is 10.7. The lowest BCUT2D eigenvalue weighted by Gasteiger charge is -2.04. The van der Waals surface area contributed by atoms with E-state index in [4.69, 9.17) is 4.74 Å². The number of carbonyl (C=O) groups is 1. The van der Waals surface area contributed by atoms with Gasteiger partial charge in [-0.3, -0.25) is 4.79 Å². The highest BCUT2D eigenvalue weighted by Gasteiger charge is 2.13. The van der Waals surface area contributed by atoms with Gasteiger partial charge in [0, 0.05) is 15.4 Å². The molecule has 88 valence electrons. The summed E-state index contributed by atoms with van der Waals surface area (Å²) in [6.45, 7) is 1.94. The lowest BCUT2D eigenvalue weighted by molar-refractivity contribution is 0.0524. The van der Waals surface area contributed by atoms with Crippen molar-refractivity contribution in [2.75, 3.05) is 6.61 Å². The molecule has 0 saturated carbocycles. The zero-order valence-electron chi connectivity index (χ0n) is 9.12. The zero-order chi connectivity index (χ0) is 12.4. The van der Waals surface area contributed by atoms with E-state index in [1.807, 2.05) is 12.1 Å². The predicted octanol–water partition coefficient (Wildman–Crippen LogP) is 2.47. The monoisotopic (exact) mass is 295 g/mol. The predicted molar refractivity (Wildman–Crippen MR) is 68.2 cm³/mol. The van der Waals surface area contributed by atoms with Crippen molar-refractivity contribution >= 4 is 32.8 Å². The molecule has 17 heavy (non-hydrogen) atoms. The van der Waals surface area contributed by atoms with Gasteiger partial charge in [0.25, 0.3) is 5.56 Å². The van der Waals surface area contributed by atoms with Crippen LogP contribution in [0.3, 0.4) is 0 Å². The second kappa shape index (κ2) is 4.71. The quantitative estimate of drug-likeness (QED) is 0.866. The number of carbonyl (C=O) groups excluding carboxylic acids is 1. The van der Waals surface area contributed by atoms with Crippen molar-refractivity contribution in [2.24, 2.45) is 0 Å². The van der Waals surface area contributed by atoms with Crippen molar-refractivity contribution in [1.82, 2.24) is 4.98 Å². The summed E-state index contributed by atoms with van der Waals surface area (Å²) in [6, 6.07) is 6.97. The summed E-state index contributed by atoms with van der Waals surface area (Å²) in [5, 5.41) is 0.773. The van der Waals surface area contributed by atoms with Crippen molar-refractivity contribution in [3.05, 3.63) is 44.7 Å². The number of benzene rings is 1. The molecule has 0 unspecified atom stereocenters.